The van der Waals surface area contributed by atoms with Crippen LogP contribution in [-0.4, -0.2) is 19.9 Å². The molecule has 5 aromatic carbocycles. The maximum Gasteiger partial charge on any atom is 0.297 e. The Morgan fingerprint density at radius 2 is 1.02 bits per heavy atom. The Hall–Kier alpha value is -5.10. The van der Waals surface area contributed by atoms with Crippen LogP contribution in [0.25, 0.3) is 11.0 Å². The van der Waals surface area contributed by atoms with Crippen molar-refractivity contribution in [3.63, 3.8) is 0 Å². The third kappa shape index (κ3) is 5.50. The number of nitrogens with zero attached hydrogens (tertiary/aromatic N) is 2. The van der Waals surface area contributed by atoms with Gasteiger partial charge in [-0.1, -0.05) is 98.7 Å². The first-order valence-electron chi connectivity index (χ1n) is 20.3. The summed E-state index contributed by atoms with van der Waals surface area (Å²) in [5.41, 5.74) is 20.1. The highest BCUT2D eigenvalue weighted by Crippen LogP contribution is 2.51. The molecule has 1 aromatic heterocycles. The summed E-state index contributed by atoms with van der Waals surface area (Å²) in [6, 6.07) is 27.6. The van der Waals surface area contributed by atoms with Crippen molar-refractivity contribution >= 4 is 68.4 Å². The molecule has 4 heterocycles. The van der Waals surface area contributed by atoms with E-state index in [1.165, 1.54) is 61.5 Å². The van der Waals surface area contributed by atoms with Crippen LogP contribution in [0, 0.1) is 27.7 Å². The number of benzene rings is 5. The largest absolute Gasteiger partial charge is 0.486 e. The molecule has 0 unspecified atom stereocenters. The SMILES string of the molecule is Cc1cc(C(C)(C)C)cc(C)c1N1c2cc3c(cc2B2c4oc5ccc(C(C)(C)C)cc5c4N(c4c(C)cc(C(C)(C)C)cc4C)c4cccc1c42)OCCO3. The first-order chi connectivity index (χ1) is 26.3. The molecule has 0 radical (unpaired) electrons. The van der Waals surface area contributed by atoms with Gasteiger partial charge in [0, 0.05) is 28.5 Å². The minimum absolute atomic E-state index is 0.0233. The second kappa shape index (κ2) is 12.2. The number of furan rings is 1. The first-order valence-corrected chi connectivity index (χ1v) is 20.3. The van der Waals surface area contributed by atoms with Gasteiger partial charge in [0.1, 0.15) is 18.8 Å². The fourth-order valence-electron chi connectivity index (χ4n) is 9.38. The van der Waals surface area contributed by atoms with Crippen molar-refractivity contribution in [3.05, 3.63) is 112 Å². The third-order valence-corrected chi connectivity index (χ3v) is 12.3. The van der Waals surface area contributed by atoms with E-state index in [-0.39, 0.29) is 23.0 Å². The maximum absolute atomic E-state index is 7.23. The molecule has 0 saturated carbocycles. The molecule has 0 atom stereocenters. The predicted molar refractivity (Wildman–Crippen MR) is 236 cm³/mol. The lowest BCUT2D eigenvalue weighted by atomic mass is 9.35. The number of fused-ring (bicyclic) bond motifs is 7. The van der Waals surface area contributed by atoms with E-state index in [0.717, 1.165) is 50.7 Å². The molecule has 5 nitrogen and oxygen atoms in total. The lowest BCUT2D eigenvalue weighted by Gasteiger charge is -2.44. The van der Waals surface area contributed by atoms with Gasteiger partial charge in [0.2, 0.25) is 0 Å². The smallest absolute Gasteiger partial charge is 0.297 e. The van der Waals surface area contributed by atoms with Crippen LogP contribution in [-0.2, 0) is 16.2 Å². The van der Waals surface area contributed by atoms with Crippen LogP contribution in [0.5, 0.6) is 11.5 Å². The lowest BCUT2D eigenvalue weighted by molar-refractivity contribution is 0.172. The number of hydrogen-bond acceptors (Lipinski definition) is 5. The minimum atomic E-state index is -0.177. The molecule has 0 aliphatic carbocycles. The van der Waals surface area contributed by atoms with E-state index in [1.54, 1.807) is 0 Å². The summed E-state index contributed by atoms with van der Waals surface area (Å²) in [5, 5.41) is 1.13. The third-order valence-electron chi connectivity index (χ3n) is 12.3. The highest BCUT2D eigenvalue weighted by Gasteiger charge is 2.48. The summed E-state index contributed by atoms with van der Waals surface area (Å²) in [6.45, 7) is 30.6. The van der Waals surface area contributed by atoms with Gasteiger partial charge in [-0.3, -0.25) is 0 Å². The summed E-state index contributed by atoms with van der Waals surface area (Å²) >= 11 is 0. The molecule has 0 bridgehead atoms. The van der Waals surface area contributed by atoms with Gasteiger partial charge in [0.25, 0.3) is 6.71 Å². The van der Waals surface area contributed by atoms with Gasteiger partial charge in [-0.2, -0.15) is 0 Å². The van der Waals surface area contributed by atoms with Gasteiger partial charge in [-0.05, 0) is 124 Å². The Morgan fingerprint density at radius 1 is 0.518 bits per heavy atom. The molecular weight excluding hydrogens is 687 g/mol. The molecule has 0 saturated heterocycles. The Morgan fingerprint density at radius 3 is 1.55 bits per heavy atom. The molecule has 0 fully saturated rings. The highest BCUT2D eigenvalue weighted by atomic mass is 16.6. The molecule has 3 aliphatic rings. The zero-order valence-corrected chi connectivity index (χ0v) is 35.5. The fourth-order valence-corrected chi connectivity index (χ4v) is 9.38. The predicted octanol–water partition coefficient (Wildman–Crippen LogP) is 11.4. The van der Waals surface area contributed by atoms with Crippen LogP contribution in [0.1, 0.15) is 101 Å². The van der Waals surface area contributed by atoms with Gasteiger partial charge in [0.05, 0.1) is 22.7 Å². The average molecular weight is 743 g/mol. The van der Waals surface area contributed by atoms with E-state index in [2.05, 4.69) is 173 Å². The van der Waals surface area contributed by atoms with E-state index in [4.69, 9.17) is 13.9 Å². The van der Waals surface area contributed by atoms with Crippen molar-refractivity contribution in [1.82, 2.24) is 0 Å². The van der Waals surface area contributed by atoms with Crippen molar-refractivity contribution in [2.45, 2.75) is 106 Å². The number of anilines is 6. The average Bonchev–Trinajstić information content (AvgIpc) is 3.49. The molecule has 0 N–H and O–H groups in total. The van der Waals surface area contributed by atoms with Gasteiger partial charge < -0.3 is 23.7 Å². The Bertz CT molecular complexity index is 2570. The Kier molecular flexibility index (Phi) is 7.96. The highest BCUT2D eigenvalue weighted by molar-refractivity contribution is 7.00. The molecule has 6 aromatic rings. The number of hydrogen-bond donors (Lipinski definition) is 0. The first kappa shape index (κ1) is 36.5. The van der Waals surface area contributed by atoms with E-state index in [1.807, 2.05) is 0 Å². The number of ether oxygens (including phenoxy) is 2. The number of aryl methyl sites for hydroxylation is 4. The van der Waals surface area contributed by atoms with E-state index < -0.39 is 0 Å². The second-order valence-electron chi connectivity index (χ2n) is 19.6. The quantitative estimate of drug-likeness (QED) is 0.165. The van der Waals surface area contributed by atoms with Gasteiger partial charge in [-0.25, -0.2) is 0 Å². The van der Waals surface area contributed by atoms with Crippen LogP contribution in [0.15, 0.2) is 77.2 Å². The molecule has 286 valence electrons. The standard InChI is InChI=1S/C50H55BN2O3/c1-28-21-33(49(8,9)10)22-29(2)44(28)52-37-15-14-16-38-43(37)51(36-26-41-42(27-39(36)52)55-20-19-54-41)47-46(35-25-32(48(5,6)7)17-18-40(35)56-47)53(38)45-30(3)23-34(24-31(45)4)50(11,12)13/h14-18,21-27H,19-20H2,1-13H3. The molecule has 0 amide bonds. The summed E-state index contributed by atoms with van der Waals surface area (Å²) in [7, 11) is 0. The van der Waals surface area contributed by atoms with Crippen molar-refractivity contribution in [3.8, 4) is 11.5 Å². The van der Waals surface area contributed by atoms with Gasteiger partial charge in [0.15, 0.2) is 11.5 Å². The molecule has 56 heavy (non-hydrogen) atoms. The van der Waals surface area contributed by atoms with Crippen LogP contribution in [0.2, 0.25) is 0 Å². The van der Waals surface area contributed by atoms with Crippen LogP contribution in [0.3, 0.4) is 0 Å². The Balaban J connectivity index is 1.41. The van der Waals surface area contributed by atoms with Crippen molar-refractivity contribution in [2.75, 3.05) is 23.0 Å². The monoisotopic (exact) mass is 742 g/mol. The molecule has 9 rings (SSSR count). The summed E-state index contributed by atoms with van der Waals surface area (Å²) in [4.78, 5) is 5.02. The van der Waals surface area contributed by atoms with Gasteiger partial charge in [-0.15, -0.1) is 0 Å². The molecule has 3 aliphatic heterocycles. The summed E-state index contributed by atoms with van der Waals surface area (Å²) in [5.74, 6) is 1.57. The Labute approximate surface area is 333 Å². The topological polar surface area (TPSA) is 38.1 Å². The van der Waals surface area contributed by atoms with Gasteiger partial charge >= 0.3 is 0 Å². The number of rotatable bonds is 2. The summed E-state index contributed by atoms with van der Waals surface area (Å²) in [6.07, 6.45) is 0. The van der Waals surface area contributed by atoms with E-state index in [0.29, 0.717) is 13.2 Å². The normalized spacial score (nSPS) is 14.9. The van der Waals surface area contributed by atoms with Crippen LogP contribution in [0.4, 0.5) is 34.1 Å². The van der Waals surface area contributed by atoms with E-state index >= 15 is 0 Å². The maximum atomic E-state index is 7.23. The zero-order chi connectivity index (χ0) is 39.8. The summed E-state index contributed by atoms with van der Waals surface area (Å²) < 4.78 is 19.9. The lowest BCUT2D eigenvalue weighted by Crippen LogP contribution is -2.61. The molecular formula is C50H55BN2O3. The van der Waals surface area contributed by atoms with Crippen molar-refractivity contribution in [2.24, 2.45) is 0 Å². The van der Waals surface area contributed by atoms with Crippen molar-refractivity contribution < 1.29 is 13.9 Å². The van der Waals surface area contributed by atoms with Crippen LogP contribution >= 0.6 is 0 Å². The fraction of sp³-hybridized carbons (Fsp3) is 0.360. The second-order valence-corrected chi connectivity index (χ2v) is 19.6. The van der Waals surface area contributed by atoms with Crippen LogP contribution < -0.4 is 35.9 Å². The van der Waals surface area contributed by atoms with E-state index in [9.17, 15) is 0 Å². The minimum Gasteiger partial charge on any atom is -0.486 e. The van der Waals surface area contributed by atoms with Crippen molar-refractivity contribution in [1.29, 1.82) is 0 Å². The molecule has 0 spiro atoms. The molecule has 6 heteroatoms. The zero-order valence-electron chi connectivity index (χ0n) is 35.5.